The number of nitrogens with one attached hydrogen (secondary N) is 2. The molecule has 1 aromatic carbocycles. The van der Waals surface area contributed by atoms with Crippen LogP contribution in [0.25, 0.3) is 11.1 Å². The fraction of sp³-hybridized carbons (Fsp3) is 0.214. The van der Waals surface area contributed by atoms with Crippen molar-refractivity contribution in [1.82, 2.24) is 15.0 Å². The molecule has 25 heavy (non-hydrogen) atoms. The maximum atomic E-state index is 12.6. The Kier molecular flexibility index (Phi) is 4.08. The zero-order valence-corrected chi connectivity index (χ0v) is 14.4. The van der Waals surface area contributed by atoms with Crippen LogP contribution in [0.5, 0.6) is 6.01 Å². The van der Waals surface area contributed by atoms with Gasteiger partial charge in [0.2, 0.25) is 0 Å². The zero-order valence-electron chi connectivity index (χ0n) is 13.6. The van der Waals surface area contributed by atoms with E-state index in [-0.39, 0.29) is 27.7 Å². The van der Waals surface area contributed by atoms with Gasteiger partial charge in [0.15, 0.2) is 11.4 Å². The molecule has 10 nitrogen and oxygen atoms in total. The first-order valence-electron chi connectivity index (χ1n) is 7.04. The Bertz CT molecular complexity index is 1090. The number of fused-ring (bicyclic) bond motifs is 1. The third-order valence-electron chi connectivity index (χ3n) is 3.30. The first-order valence-corrected chi connectivity index (χ1v) is 8.52. The van der Waals surface area contributed by atoms with E-state index < -0.39 is 15.8 Å². The van der Waals surface area contributed by atoms with Gasteiger partial charge in [-0.3, -0.25) is 9.71 Å². The number of hydrogen-bond acceptors (Lipinski definition) is 8. The zero-order chi connectivity index (χ0) is 18.2. The van der Waals surface area contributed by atoms with Crippen LogP contribution >= 0.6 is 0 Å². The Labute approximate surface area is 142 Å². The van der Waals surface area contributed by atoms with Gasteiger partial charge in [0.05, 0.1) is 23.7 Å². The molecule has 0 unspecified atom stereocenters. The van der Waals surface area contributed by atoms with Gasteiger partial charge in [0.25, 0.3) is 10.0 Å². The molecule has 0 aliphatic carbocycles. The predicted molar refractivity (Wildman–Crippen MR) is 90.6 cm³/mol. The normalized spacial score (nSPS) is 11.5. The summed E-state index contributed by atoms with van der Waals surface area (Å²) in [5, 5.41) is 0. The average molecular weight is 365 g/mol. The summed E-state index contributed by atoms with van der Waals surface area (Å²) in [6.07, 6.45) is 1.32. The van der Waals surface area contributed by atoms with Crippen molar-refractivity contribution in [1.29, 1.82) is 0 Å². The number of aromatic nitrogens is 3. The molecule has 3 aromatic rings. The van der Waals surface area contributed by atoms with E-state index in [1.54, 1.807) is 19.0 Å². The summed E-state index contributed by atoms with van der Waals surface area (Å²) in [6.45, 7) is 0. The third kappa shape index (κ3) is 3.26. The summed E-state index contributed by atoms with van der Waals surface area (Å²) in [5.41, 5.74) is 0.740. The Morgan fingerprint density at radius 3 is 2.76 bits per heavy atom. The van der Waals surface area contributed by atoms with E-state index in [0.717, 1.165) is 0 Å². The van der Waals surface area contributed by atoms with E-state index in [0.29, 0.717) is 5.82 Å². The van der Waals surface area contributed by atoms with Crippen LogP contribution < -0.4 is 20.1 Å². The number of ether oxygens (including phenoxy) is 1. The van der Waals surface area contributed by atoms with Crippen LogP contribution in [0.1, 0.15) is 0 Å². The van der Waals surface area contributed by atoms with Crippen molar-refractivity contribution in [2.24, 2.45) is 0 Å². The molecule has 0 aliphatic heterocycles. The van der Waals surface area contributed by atoms with Gasteiger partial charge in [-0.1, -0.05) is 0 Å². The van der Waals surface area contributed by atoms with Gasteiger partial charge in [-0.25, -0.2) is 18.2 Å². The van der Waals surface area contributed by atoms with E-state index in [1.165, 1.54) is 31.5 Å². The Balaban J connectivity index is 2.01. The van der Waals surface area contributed by atoms with Crippen molar-refractivity contribution >= 4 is 32.6 Å². The lowest BCUT2D eigenvalue weighted by atomic mass is 10.3. The second-order valence-electron chi connectivity index (χ2n) is 5.27. The molecule has 3 rings (SSSR count). The Hall–Kier alpha value is -3.08. The van der Waals surface area contributed by atoms with Crippen LogP contribution in [-0.4, -0.2) is 44.6 Å². The highest BCUT2D eigenvalue weighted by Gasteiger charge is 2.20. The minimum absolute atomic E-state index is 0.0439. The van der Waals surface area contributed by atoms with E-state index in [1.807, 2.05) is 0 Å². The fourth-order valence-electron chi connectivity index (χ4n) is 2.17. The molecule has 0 radical (unpaired) electrons. The summed E-state index contributed by atoms with van der Waals surface area (Å²) >= 11 is 0. The maximum Gasteiger partial charge on any atom is 0.417 e. The number of methoxy groups -OCH3 is 1. The molecular formula is C14H15N5O5S. The lowest BCUT2D eigenvalue weighted by molar-refractivity contribution is 0.380. The number of hydrogen-bond donors (Lipinski definition) is 2. The molecule has 0 spiro atoms. The number of H-pyrrole nitrogens is 1. The number of anilines is 2. The summed E-state index contributed by atoms with van der Waals surface area (Å²) < 4.78 is 37.5. The molecule has 0 atom stereocenters. The molecule has 0 aliphatic rings. The summed E-state index contributed by atoms with van der Waals surface area (Å²) in [6, 6.07) is 4.16. The first kappa shape index (κ1) is 16.8. The number of nitrogens with zero attached hydrogens (tertiary/aromatic N) is 3. The van der Waals surface area contributed by atoms with Crippen LogP contribution in [0.2, 0.25) is 0 Å². The molecular weight excluding hydrogens is 350 g/mol. The second-order valence-corrected chi connectivity index (χ2v) is 6.95. The van der Waals surface area contributed by atoms with Crippen molar-refractivity contribution < 1.29 is 17.6 Å². The number of rotatable bonds is 5. The first-order chi connectivity index (χ1) is 11.8. The standard InChI is InChI=1S/C14H15N5O5S/c1-19(2)12-10(7-15-13(17-12)23-3)18-25(21,22)8-4-5-11-9(6-8)16-14(20)24-11/h4-7,18H,1-3H3,(H,16,20). The average Bonchev–Trinajstić information content (AvgIpc) is 2.93. The van der Waals surface area contributed by atoms with Crippen molar-refractivity contribution in [2.45, 2.75) is 4.90 Å². The minimum Gasteiger partial charge on any atom is -0.467 e. The van der Waals surface area contributed by atoms with Crippen LogP contribution in [0.3, 0.4) is 0 Å². The van der Waals surface area contributed by atoms with E-state index in [2.05, 4.69) is 19.7 Å². The summed E-state index contributed by atoms with van der Waals surface area (Å²) in [4.78, 5) is 23.2. The lowest BCUT2D eigenvalue weighted by Gasteiger charge is -2.17. The van der Waals surface area contributed by atoms with Gasteiger partial charge >= 0.3 is 11.8 Å². The lowest BCUT2D eigenvalue weighted by Crippen LogP contribution is -2.19. The maximum absolute atomic E-state index is 12.6. The number of aromatic amines is 1. The molecule has 0 saturated carbocycles. The van der Waals surface area contributed by atoms with Gasteiger partial charge in [-0.15, -0.1) is 0 Å². The van der Waals surface area contributed by atoms with E-state index in [4.69, 9.17) is 9.15 Å². The van der Waals surface area contributed by atoms with Gasteiger partial charge in [0.1, 0.15) is 5.69 Å². The molecule has 0 bridgehead atoms. The van der Waals surface area contributed by atoms with Crippen LogP contribution in [-0.2, 0) is 10.0 Å². The molecule has 132 valence electrons. The molecule has 2 heterocycles. The van der Waals surface area contributed by atoms with Crippen LogP contribution in [0.4, 0.5) is 11.5 Å². The molecule has 2 aromatic heterocycles. The summed E-state index contributed by atoms with van der Waals surface area (Å²) in [7, 11) is 0.904. The minimum atomic E-state index is -3.93. The highest BCUT2D eigenvalue weighted by molar-refractivity contribution is 7.92. The van der Waals surface area contributed by atoms with Gasteiger partial charge in [-0.05, 0) is 18.2 Å². The molecule has 0 saturated heterocycles. The molecule has 0 fully saturated rings. The van der Waals surface area contributed by atoms with E-state index in [9.17, 15) is 13.2 Å². The fourth-order valence-corrected chi connectivity index (χ4v) is 3.24. The van der Waals surface area contributed by atoms with Crippen molar-refractivity contribution in [3.05, 3.63) is 34.9 Å². The monoisotopic (exact) mass is 365 g/mol. The second kappa shape index (κ2) is 6.09. The van der Waals surface area contributed by atoms with Crippen LogP contribution in [0, 0.1) is 0 Å². The number of oxazole rings is 1. The van der Waals surface area contributed by atoms with Crippen molar-refractivity contribution in [2.75, 3.05) is 30.8 Å². The number of benzene rings is 1. The Morgan fingerprint density at radius 1 is 1.32 bits per heavy atom. The number of sulfonamides is 1. The van der Waals surface area contributed by atoms with Gasteiger partial charge in [0, 0.05) is 14.1 Å². The largest absolute Gasteiger partial charge is 0.467 e. The van der Waals surface area contributed by atoms with Gasteiger partial charge in [-0.2, -0.15) is 4.98 Å². The van der Waals surface area contributed by atoms with E-state index >= 15 is 0 Å². The predicted octanol–water partition coefficient (Wildman–Crippen LogP) is 0.786. The van der Waals surface area contributed by atoms with Crippen molar-refractivity contribution in [3.8, 4) is 6.01 Å². The smallest absolute Gasteiger partial charge is 0.417 e. The molecule has 2 N–H and O–H groups in total. The quantitative estimate of drug-likeness (QED) is 0.678. The van der Waals surface area contributed by atoms with Crippen molar-refractivity contribution in [3.63, 3.8) is 0 Å². The third-order valence-corrected chi connectivity index (χ3v) is 4.66. The SMILES string of the molecule is COc1ncc(NS(=O)(=O)c2ccc3oc(=O)[nH]c3c2)c(N(C)C)n1. The Morgan fingerprint density at radius 2 is 2.08 bits per heavy atom. The van der Waals surface area contributed by atoms with Crippen LogP contribution in [0.15, 0.2) is 38.5 Å². The topological polar surface area (TPSA) is 130 Å². The molecule has 0 amide bonds. The highest BCUT2D eigenvalue weighted by atomic mass is 32.2. The van der Waals surface area contributed by atoms with Gasteiger partial charge < -0.3 is 14.1 Å². The molecule has 11 heteroatoms. The summed E-state index contributed by atoms with van der Waals surface area (Å²) in [5.74, 6) is -0.316. The highest BCUT2D eigenvalue weighted by Crippen LogP contribution is 2.26.